The number of oxazole rings is 1. The van der Waals surface area contributed by atoms with Gasteiger partial charge in [-0.05, 0) is 43.4 Å². The Morgan fingerprint density at radius 2 is 1.78 bits per heavy atom. The minimum atomic E-state index is -3.84. The first-order chi connectivity index (χ1) is 12.9. The normalized spacial score (nSPS) is 16.0. The standard InChI is InChI=1S/C18H18BrN3O4S/c1-21-8-10-22(11-9-21)18-17(20-16(26-18)15-3-2-12-25-15)27(23,24)14-6-4-13(19)5-7-14/h2-7,12H,8-11H2,1H3. The first-order valence-electron chi connectivity index (χ1n) is 8.44. The van der Waals surface area contributed by atoms with Gasteiger partial charge >= 0.3 is 0 Å². The molecule has 3 heterocycles. The summed E-state index contributed by atoms with van der Waals surface area (Å²) in [5.74, 6) is 0.810. The molecular formula is C18H18BrN3O4S. The van der Waals surface area contributed by atoms with Crippen LogP contribution in [0.25, 0.3) is 11.7 Å². The molecule has 1 saturated heterocycles. The summed E-state index contributed by atoms with van der Waals surface area (Å²) in [5.41, 5.74) is 0. The third-order valence-electron chi connectivity index (χ3n) is 4.48. The molecule has 0 saturated carbocycles. The van der Waals surface area contributed by atoms with Gasteiger partial charge in [-0.15, -0.1) is 0 Å². The second-order valence-corrected chi connectivity index (χ2v) is 9.13. The highest BCUT2D eigenvalue weighted by Crippen LogP contribution is 2.35. The van der Waals surface area contributed by atoms with Crippen molar-refractivity contribution < 1.29 is 17.3 Å². The molecular weight excluding hydrogens is 434 g/mol. The summed E-state index contributed by atoms with van der Waals surface area (Å²) < 4.78 is 38.5. The maximum Gasteiger partial charge on any atom is 0.266 e. The van der Waals surface area contributed by atoms with Crippen LogP contribution in [0.15, 0.2) is 65.9 Å². The van der Waals surface area contributed by atoms with E-state index in [1.807, 2.05) is 11.9 Å². The van der Waals surface area contributed by atoms with Gasteiger partial charge in [-0.3, -0.25) is 0 Å². The summed E-state index contributed by atoms with van der Waals surface area (Å²) in [6, 6.07) is 9.88. The Kier molecular flexibility index (Phi) is 4.83. The van der Waals surface area contributed by atoms with E-state index >= 15 is 0 Å². The van der Waals surface area contributed by atoms with Gasteiger partial charge in [0.15, 0.2) is 5.76 Å². The molecule has 1 aliphatic rings. The lowest BCUT2D eigenvalue weighted by Crippen LogP contribution is -2.44. The van der Waals surface area contributed by atoms with E-state index in [2.05, 4.69) is 25.8 Å². The molecule has 142 valence electrons. The van der Waals surface area contributed by atoms with Gasteiger partial charge in [-0.1, -0.05) is 15.9 Å². The van der Waals surface area contributed by atoms with E-state index in [0.29, 0.717) is 18.8 Å². The zero-order valence-corrected chi connectivity index (χ0v) is 17.0. The number of hydrogen-bond donors (Lipinski definition) is 0. The molecule has 9 heteroatoms. The zero-order chi connectivity index (χ0) is 19.0. The van der Waals surface area contributed by atoms with Gasteiger partial charge in [0.2, 0.25) is 20.7 Å². The van der Waals surface area contributed by atoms with Gasteiger partial charge in [-0.25, -0.2) is 8.42 Å². The van der Waals surface area contributed by atoms with Gasteiger partial charge in [-0.2, -0.15) is 4.98 Å². The van der Waals surface area contributed by atoms with Crippen molar-refractivity contribution in [3.63, 3.8) is 0 Å². The molecule has 1 aliphatic heterocycles. The van der Waals surface area contributed by atoms with E-state index in [1.165, 1.54) is 6.26 Å². The van der Waals surface area contributed by atoms with Crippen LogP contribution < -0.4 is 4.90 Å². The molecule has 1 aromatic carbocycles. The first-order valence-corrected chi connectivity index (χ1v) is 10.7. The second kappa shape index (κ2) is 7.14. The predicted molar refractivity (Wildman–Crippen MR) is 104 cm³/mol. The van der Waals surface area contributed by atoms with Crippen LogP contribution in [-0.4, -0.2) is 51.5 Å². The number of furan rings is 1. The number of halogens is 1. The summed E-state index contributed by atoms with van der Waals surface area (Å²) in [5, 5.41) is -0.0826. The molecule has 3 aromatic rings. The minimum Gasteiger partial charge on any atom is -0.459 e. The van der Waals surface area contributed by atoms with Crippen LogP contribution in [0.3, 0.4) is 0 Å². The van der Waals surface area contributed by atoms with Crippen molar-refractivity contribution in [2.75, 3.05) is 38.1 Å². The molecule has 0 atom stereocenters. The van der Waals surface area contributed by atoms with Crippen LogP contribution in [-0.2, 0) is 9.84 Å². The summed E-state index contributed by atoms with van der Waals surface area (Å²) in [4.78, 5) is 8.57. The van der Waals surface area contributed by atoms with E-state index in [-0.39, 0.29) is 21.7 Å². The lowest BCUT2D eigenvalue weighted by Gasteiger charge is -2.32. The summed E-state index contributed by atoms with van der Waals surface area (Å²) in [7, 11) is -1.81. The lowest BCUT2D eigenvalue weighted by molar-refractivity contribution is 0.305. The van der Waals surface area contributed by atoms with Crippen molar-refractivity contribution in [2.45, 2.75) is 9.92 Å². The van der Waals surface area contributed by atoms with Crippen molar-refractivity contribution in [1.29, 1.82) is 0 Å². The molecule has 0 bridgehead atoms. The fourth-order valence-electron chi connectivity index (χ4n) is 2.91. The smallest absolute Gasteiger partial charge is 0.266 e. The average Bonchev–Trinajstić information content (AvgIpc) is 3.33. The highest BCUT2D eigenvalue weighted by molar-refractivity contribution is 9.10. The van der Waals surface area contributed by atoms with E-state index < -0.39 is 9.84 Å². The van der Waals surface area contributed by atoms with Crippen molar-refractivity contribution in [3.05, 3.63) is 47.1 Å². The molecule has 0 unspecified atom stereocenters. The molecule has 0 amide bonds. The Hall–Kier alpha value is -2.10. The molecule has 0 radical (unpaired) electrons. The van der Waals surface area contributed by atoms with Gasteiger partial charge < -0.3 is 18.6 Å². The largest absolute Gasteiger partial charge is 0.459 e. The molecule has 2 aromatic heterocycles. The number of benzene rings is 1. The number of aromatic nitrogens is 1. The van der Waals surface area contributed by atoms with Gasteiger partial charge in [0.1, 0.15) is 0 Å². The van der Waals surface area contributed by atoms with Crippen LogP contribution in [0.5, 0.6) is 0 Å². The molecule has 0 aliphatic carbocycles. The summed E-state index contributed by atoms with van der Waals surface area (Å²) in [6.07, 6.45) is 1.50. The highest BCUT2D eigenvalue weighted by Gasteiger charge is 2.32. The number of anilines is 1. The van der Waals surface area contributed by atoms with Crippen molar-refractivity contribution in [3.8, 4) is 11.7 Å². The van der Waals surface area contributed by atoms with Gasteiger partial charge in [0.25, 0.3) is 5.89 Å². The van der Waals surface area contributed by atoms with E-state index in [1.54, 1.807) is 36.4 Å². The Morgan fingerprint density at radius 3 is 2.41 bits per heavy atom. The van der Waals surface area contributed by atoms with Gasteiger partial charge in [0, 0.05) is 30.7 Å². The number of rotatable bonds is 4. The molecule has 0 spiro atoms. The quantitative estimate of drug-likeness (QED) is 0.601. The summed E-state index contributed by atoms with van der Waals surface area (Å²) in [6.45, 7) is 2.95. The monoisotopic (exact) mass is 451 g/mol. The number of nitrogens with zero attached hydrogens (tertiary/aromatic N) is 3. The minimum absolute atomic E-state index is 0.0826. The van der Waals surface area contributed by atoms with Crippen molar-refractivity contribution in [1.82, 2.24) is 9.88 Å². The van der Waals surface area contributed by atoms with Crippen LogP contribution in [0, 0.1) is 0 Å². The highest BCUT2D eigenvalue weighted by atomic mass is 79.9. The van der Waals surface area contributed by atoms with E-state index in [9.17, 15) is 8.42 Å². The number of likely N-dealkylation sites (N-methyl/N-ethyl adjacent to an activating group) is 1. The van der Waals surface area contributed by atoms with Crippen LogP contribution in [0.1, 0.15) is 0 Å². The zero-order valence-electron chi connectivity index (χ0n) is 14.6. The Morgan fingerprint density at radius 1 is 1.07 bits per heavy atom. The molecule has 1 fully saturated rings. The first kappa shape index (κ1) is 18.3. The fourth-order valence-corrected chi connectivity index (χ4v) is 4.50. The second-order valence-electron chi connectivity index (χ2n) is 6.35. The topological polar surface area (TPSA) is 79.8 Å². The van der Waals surface area contributed by atoms with Crippen LogP contribution in [0.2, 0.25) is 0 Å². The molecule has 0 N–H and O–H groups in total. The number of hydrogen-bond acceptors (Lipinski definition) is 7. The van der Waals surface area contributed by atoms with E-state index in [4.69, 9.17) is 8.83 Å². The van der Waals surface area contributed by atoms with Crippen molar-refractivity contribution >= 4 is 31.7 Å². The lowest BCUT2D eigenvalue weighted by atomic mass is 10.3. The van der Waals surface area contributed by atoms with Gasteiger partial charge in [0.05, 0.1) is 11.2 Å². The van der Waals surface area contributed by atoms with Crippen molar-refractivity contribution in [2.24, 2.45) is 0 Å². The number of piperazine rings is 1. The SMILES string of the molecule is CN1CCN(c2oc(-c3ccco3)nc2S(=O)(=O)c2ccc(Br)cc2)CC1. The Labute approximate surface area is 165 Å². The molecule has 27 heavy (non-hydrogen) atoms. The average molecular weight is 452 g/mol. The molecule has 7 nitrogen and oxygen atoms in total. The maximum atomic E-state index is 13.3. The van der Waals surface area contributed by atoms with Crippen LogP contribution >= 0.6 is 15.9 Å². The summed E-state index contributed by atoms with van der Waals surface area (Å²) >= 11 is 3.33. The van der Waals surface area contributed by atoms with Crippen LogP contribution in [0.4, 0.5) is 5.88 Å². The fraction of sp³-hybridized carbons (Fsp3) is 0.278. The van der Waals surface area contributed by atoms with E-state index in [0.717, 1.165) is 17.6 Å². The third-order valence-corrected chi connectivity index (χ3v) is 6.68. The maximum absolute atomic E-state index is 13.3. The Bertz CT molecular complexity index is 1020. The number of sulfone groups is 1. The third kappa shape index (κ3) is 3.54. The Balaban J connectivity index is 1.81. The predicted octanol–water partition coefficient (Wildman–Crippen LogP) is 3.28. The molecule has 4 rings (SSSR count).